The van der Waals surface area contributed by atoms with Crippen molar-refractivity contribution < 1.29 is 14.3 Å². The predicted octanol–water partition coefficient (Wildman–Crippen LogP) is 3.74. The second kappa shape index (κ2) is 8.17. The van der Waals surface area contributed by atoms with Crippen LogP contribution in [0.3, 0.4) is 0 Å². The van der Waals surface area contributed by atoms with Gasteiger partial charge >= 0.3 is 0 Å². The minimum atomic E-state index is -0.301. The first-order chi connectivity index (χ1) is 13.4. The Balaban J connectivity index is 1.82. The van der Waals surface area contributed by atoms with E-state index in [1.54, 1.807) is 31.5 Å². The summed E-state index contributed by atoms with van der Waals surface area (Å²) in [6.07, 6.45) is 1.68. The SMILES string of the molecule is COc1ccc(C)cc1NC(=O)Cn1ccc2cc(OC(C)C)ccc2c1=O. The molecule has 0 atom stereocenters. The van der Waals surface area contributed by atoms with E-state index in [2.05, 4.69) is 5.32 Å². The first-order valence-corrected chi connectivity index (χ1v) is 9.11. The number of methoxy groups -OCH3 is 1. The fraction of sp³-hybridized carbons (Fsp3) is 0.273. The van der Waals surface area contributed by atoms with E-state index in [4.69, 9.17) is 9.47 Å². The van der Waals surface area contributed by atoms with Gasteiger partial charge in [0, 0.05) is 11.6 Å². The Kier molecular flexibility index (Phi) is 5.68. The lowest BCUT2D eigenvalue weighted by Crippen LogP contribution is -2.27. The molecule has 0 aliphatic carbocycles. The Labute approximate surface area is 163 Å². The van der Waals surface area contributed by atoms with Crippen LogP contribution in [0.2, 0.25) is 0 Å². The lowest BCUT2D eigenvalue weighted by atomic mass is 10.1. The van der Waals surface area contributed by atoms with Crippen LogP contribution in [-0.2, 0) is 11.3 Å². The van der Waals surface area contributed by atoms with E-state index in [-0.39, 0.29) is 24.1 Å². The molecule has 0 bridgehead atoms. The number of amides is 1. The Hall–Kier alpha value is -3.28. The van der Waals surface area contributed by atoms with Crippen LogP contribution < -0.4 is 20.3 Å². The fourth-order valence-electron chi connectivity index (χ4n) is 3.00. The van der Waals surface area contributed by atoms with E-state index < -0.39 is 0 Å². The summed E-state index contributed by atoms with van der Waals surface area (Å²) in [5, 5.41) is 4.13. The zero-order valence-electron chi connectivity index (χ0n) is 16.5. The van der Waals surface area contributed by atoms with Gasteiger partial charge in [0.2, 0.25) is 5.91 Å². The van der Waals surface area contributed by atoms with Gasteiger partial charge in [-0.05, 0) is 68.1 Å². The molecule has 1 aromatic heterocycles. The van der Waals surface area contributed by atoms with Crippen LogP contribution in [0.5, 0.6) is 11.5 Å². The predicted molar refractivity (Wildman–Crippen MR) is 110 cm³/mol. The molecule has 0 aliphatic rings. The molecule has 3 rings (SSSR count). The van der Waals surface area contributed by atoms with Gasteiger partial charge < -0.3 is 19.4 Å². The van der Waals surface area contributed by atoms with Gasteiger partial charge in [0.05, 0.1) is 18.9 Å². The number of rotatable bonds is 6. The van der Waals surface area contributed by atoms with Crippen LogP contribution in [0.15, 0.2) is 53.5 Å². The van der Waals surface area contributed by atoms with E-state index in [1.165, 1.54) is 4.57 Å². The number of hydrogen-bond donors (Lipinski definition) is 1. The molecule has 6 heteroatoms. The third-order valence-corrected chi connectivity index (χ3v) is 4.26. The molecule has 0 spiro atoms. The van der Waals surface area contributed by atoms with Gasteiger partial charge in [0.1, 0.15) is 18.0 Å². The van der Waals surface area contributed by atoms with Gasteiger partial charge in [0.25, 0.3) is 5.56 Å². The maximum Gasteiger partial charge on any atom is 0.258 e. The molecule has 1 amide bonds. The van der Waals surface area contributed by atoms with Crippen LogP contribution in [0.4, 0.5) is 5.69 Å². The van der Waals surface area contributed by atoms with Crippen LogP contribution in [0.25, 0.3) is 10.8 Å². The van der Waals surface area contributed by atoms with Crippen molar-refractivity contribution in [2.75, 3.05) is 12.4 Å². The Bertz CT molecular complexity index is 1070. The maximum atomic E-state index is 12.7. The number of anilines is 1. The Morgan fingerprint density at radius 3 is 2.64 bits per heavy atom. The van der Waals surface area contributed by atoms with Gasteiger partial charge in [-0.3, -0.25) is 9.59 Å². The summed E-state index contributed by atoms with van der Waals surface area (Å²) in [4.78, 5) is 25.2. The van der Waals surface area contributed by atoms with E-state index >= 15 is 0 Å². The molecule has 0 unspecified atom stereocenters. The number of aryl methyl sites for hydroxylation is 1. The highest BCUT2D eigenvalue weighted by Gasteiger charge is 2.11. The number of fused-ring (bicyclic) bond motifs is 1. The molecule has 0 aliphatic heterocycles. The molecule has 3 aromatic rings. The van der Waals surface area contributed by atoms with Crippen molar-refractivity contribution in [2.45, 2.75) is 33.4 Å². The van der Waals surface area contributed by atoms with Crippen LogP contribution in [0.1, 0.15) is 19.4 Å². The molecule has 0 radical (unpaired) electrons. The summed E-state index contributed by atoms with van der Waals surface area (Å²) < 4.78 is 12.3. The van der Waals surface area contributed by atoms with Crippen molar-refractivity contribution in [1.29, 1.82) is 0 Å². The number of ether oxygens (including phenoxy) is 2. The number of pyridine rings is 1. The molecule has 28 heavy (non-hydrogen) atoms. The van der Waals surface area contributed by atoms with Crippen molar-refractivity contribution in [1.82, 2.24) is 4.57 Å². The number of aromatic nitrogens is 1. The highest BCUT2D eigenvalue weighted by molar-refractivity contribution is 5.92. The third kappa shape index (κ3) is 4.34. The topological polar surface area (TPSA) is 69.6 Å². The summed E-state index contributed by atoms with van der Waals surface area (Å²) in [5.74, 6) is 0.983. The molecule has 6 nitrogen and oxygen atoms in total. The van der Waals surface area contributed by atoms with Gasteiger partial charge in [0.15, 0.2) is 0 Å². The van der Waals surface area contributed by atoms with E-state index in [0.29, 0.717) is 22.6 Å². The summed E-state index contributed by atoms with van der Waals surface area (Å²) >= 11 is 0. The van der Waals surface area contributed by atoms with Crippen LogP contribution in [-0.4, -0.2) is 23.7 Å². The lowest BCUT2D eigenvalue weighted by Gasteiger charge is -2.13. The first kappa shape index (κ1) is 19.5. The second-order valence-electron chi connectivity index (χ2n) is 6.92. The zero-order valence-corrected chi connectivity index (χ0v) is 16.5. The zero-order chi connectivity index (χ0) is 20.3. The summed E-state index contributed by atoms with van der Waals surface area (Å²) in [7, 11) is 1.55. The maximum absolute atomic E-state index is 12.7. The van der Waals surface area contributed by atoms with Crippen molar-refractivity contribution in [2.24, 2.45) is 0 Å². The van der Waals surface area contributed by atoms with Gasteiger partial charge in [-0.1, -0.05) is 6.07 Å². The molecular weight excluding hydrogens is 356 g/mol. The molecular formula is C22H24N2O4. The lowest BCUT2D eigenvalue weighted by molar-refractivity contribution is -0.116. The molecule has 146 valence electrons. The first-order valence-electron chi connectivity index (χ1n) is 9.11. The van der Waals surface area contributed by atoms with Crippen molar-refractivity contribution in [3.8, 4) is 11.5 Å². The highest BCUT2D eigenvalue weighted by Crippen LogP contribution is 2.25. The minimum Gasteiger partial charge on any atom is -0.495 e. The average molecular weight is 380 g/mol. The molecule has 0 saturated carbocycles. The van der Waals surface area contributed by atoms with Crippen LogP contribution >= 0.6 is 0 Å². The van der Waals surface area contributed by atoms with Gasteiger partial charge in [-0.2, -0.15) is 0 Å². The summed E-state index contributed by atoms with van der Waals surface area (Å²) in [5.41, 5.74) is 1.36. The van der Waals surface area contributed by atoms with E-state index in [9.17, 15) is 9.59 Å². The van der Waals surface area contributed by atoms with E-state index in [1.807, 2.05) is 45.0 Å². The Morgan fingerprint density at radius 1 is 1.14 bits per heavy atom. The number of benzene rings is 2. The number of carbonyl (C=O) groups excluding carboxylic acids is 1. The van der Waals surface area contributed by atoms with Crippen molar-refractivity contribution in [3.05, 3.63) is 64.6 Å². The smallest absolute Gasteiger partial charge is 0.258 e. The number of carbonyl (C=O) groups is 1. The van der Waals surface area contributed by atoms with Gasteiger partial charge in [-0.15, -0.1) is 0 Å². The molecule has 0 saturated heterocycles. The minimum absolute atomic E-state index is 0.0557. The van der Waals surface area contributed by atoms with Crippen molar-refractivity contribution in [3.63, 3.8) is 0 Å². The monoisotopic (exact) mass is 380 g/mol. The normalized spacial score (nSPS) is 10.9. The summed E-state index contributed by atoms with van der Waals surface area (Å²) in [6.45, 7) is 5.74. The van der Waals surface area contributed by atoms with Crippen molar-refractivity contribution >= 4 is 22.4 Å². The number of nitrogens with zero attached hydrogens (tertiary/aromatic N) is 1. The highest BCUT2D eigenvalue weighted by atomic mass is 16.5. The third-order valence-electron chi connectivity index (χ3n) is 4.26. The standard InChI is InChI=1S/C22H24N2O4/c1-14(2)28-17-6-7-18-16(12-17)9-10-24(22(18)26)13-21(25)23-19-11-15(3)5-8-20(19)27-4/h5-12,14H,13H2,1-4H3,(H,23,25). The molecule has 0 fully saturated rings. The number of hydrogen-bond acceptors (Lipinski definition) is 4. The van der Waals surface area contributed by atoms with Crippen LogP contribution in [0, 0.1) is 6.92 Å². The molecule has 2 aromatic carbocycles. The average Bonchev–Trinajstić information content (AvgIpc) is 2.64. The largest absolute Gasteiger partial charge is 0.495 e. The van der Waals surface area contributed by atoms with Gasteiger partial charge in [-0.25, -0.2) is 0 Å². The molecule has 1 heterocycles. The van der Waals surface area contributed by atoms with E-state index in [0.717, 1.165) is 10.9 Å². The summed E-state index contributed by atoms with van der Waals surface area (Å²) in [6, 6.07) is 12.7. The quantitative estimate of drug-likeness (QED) is 0.707. The fourth-order valence-corrected chi connectivity index (χ4v) is 3.00. The second-order valence-corrected chi connectivity index (χ2v) is 6.92. The Morgan fingerprint density at radius 2 is 1.93 bits per heavy atom. The number of nitrogens with one attached hydrogen (secondary N) is 1. The molecule has 1 N–H and O–H groups in total.